The lowest BCUT2D eigenvalue weighted by molar-refractivity contribution is -0.117. The van der Waals surface area contributed by atoms with Crippen LogP contribution in [0.5, 0.6) is 0 Å². The van der Waals surface area contributed by atoms with Crippen LogP contribution in [0.1, 0.15) is 31.2 Å². The number of nitrogens with zero attached hydrogens (tertiary/aromatic N) is 1. The van der Waals surface area contributed by atoms with E-state index in [0.717, 1.165) is 0 Å². The zero-order valence-corrected chi connectivity index (χ0v) is 10.7. The highest BCUT2D eigenvalue weighted by Gasteiger charge is 2.54. The maximum atomic E-state index is 12.2. The first-order valence-corrected chi connectivity index (χ1v) is 6.81. The van der Waals surface area contributed by atoms with Gasteiger partial charge in [0.15, 0.2) is 0 Å². The number of nitriles is 1. The van der Waals surface area contributed by atoms with Crippen molar-refractivity contribution < 1.29 is 4.79 Å². The molecule has 2 aliphatic rings. The summed E-state index contributed by atoms with van der Waals surface area (Å²) >= 11 is 0. The number of nitrogens with one attached hydrogen (secondary N) is 1. The van der Waals surface area contributed by atoms with Crippen molar-refractivity contribution in [3.63, 3.8) is 0 Å². The summed E-state index contributed by atoms with van der Waals surface area (Å²) in [6.45, 7) is 0. The number of hydrogen-bond donors (Lipinski definition) is 2. The largest absolute Gasteiger partial charge is 0.399 e. The molecule has 19 heavy (non-hydrogen) atoms. The first kappa shape index (κ1) is 12.0. The standard InChI is InChI=1S/C15H17N3O/c16-8-9-7-10(17)5-6-13(9)18-15(19)14-11-3-1-2-4-12(11)14/h5-7,11-12,14H,1-4,17H2,(H,18,19). The second-order valence-corrected chi connectivity index (χ2v) is 5.54. The van der Waals surface area contributed by atoms with E-state index < -0.39 is 0 Å². The van der Waals surface area contributed by atoms with E-state index in [0.29, 0.717) is 28.8 Å². The lowest BCUT2D eigenvalue weighted by atomic mass is 10.0. The van der Waals surface area contributed by atoms with E-state index in [4.69, 9.17) is 11.0 Å². The highest BCUT2D eigenvalue weighted by molar-refractivity contribution is 5.96. The lowest BCUT2D eigenvalue weighted by Gasteiger charge is -2.07. The zero-order chi connectivity index (χ0) is 13.4. The van der Waals surface area contributed by atoms with Gasteiger partial charge < -0.3 is 11.1 Å². The fourth-order valence-corrected chi connectivity index (χ4v) is 3.36. The molecule has 98 valence electrons. The van der Waals surface area contributed by atoms with Crippen molar-refractivity contribution in [1.82, 2.24) is 0 Å². The van der Waals surface area contributed by atoms with E-state index in [1.54, 1.807) is 18.2 Å². The second-order valence-electron chi connectivity index (χ2n) is 5.54. The van der Waals surface area contributed by atoms with Gasteiger partial charge in [0.05, 0.1) is 11.3 Å². The van der Waals surface area contributed by atoms with E-state index in [-0.39, 0.29) is 11.8 Å². The molecule has 4 nitrogen and oxygen atoms in total. The number of carbonyl (C=O) groups excluding carboxylic acids is 1. The Hall–Kier alpha value is -2.02. The van der Waals surface area contributed by atoms with Crippen LogP contribution in [0.4, 0.5) is 11.4 Å². The van der Waals surface area contributed by atoms with Gasteiger partial charge in [-0.05, 0) is 42.9 Å². The predicted octanol–water partition coefficient (Wildman–Crippen LogP) is 2.52. The molecule has 2 saturated carbocycles. The first-order valence-electron chi connectivity index (χ1n) is 6.81. The van der Waals surface area contributed by atoms with Crippen LogP contribution in [0.25, 0.3) is 0 Å². The lowest BCUT2D eigenvalue weighted by Crippen LogP contribution is -2.16. The molecule has 1 amide bonds. The number of rotatable bonds is 2. The predicted molar refractivity (Wildman–Crippen MR) is 73.1 cm³/mol. The zero-order valence-electron chi connectivity index (χ0n) is 10.7. The number of carbonyl (C=O) groups is 1. The van der Waals surface area contributed by atoms with Crippen molar-refractivity contribution >= 4 is 17.3 Å². The molecule has 1 aromatic rings. The van der Waals surface area contributed by atoms with Crippen molar-refractivity contribution in [2.24, 2.45) is 17.8 Å². The van der Waals surface area contributed by atoms with Gasteiger partial charge >= 0.3 is 0 Å². The van der Waals surface area contributed by atoms with Gasteiger partial charge in [0.1, 0.15) is 6.07 Å². The molecule has 0 aromatic heterocycles. The fraction of sp³-hybridized carbons (Fsp3) is 0.467. The summed E-state index contributed by atoms with van der Waals surface area (Å²) in [6.07, 6.45) is 4.84. The summed E-state index contributed by atoms with van der Waals surface area (Å²) in [4.78, 5) is 12.2. The van der Waals surface area contributed by atoms with E-state index >= 15 is 0 Å². The molecule has 3 N–H and O–H groups in total. The molecule has 0 aliphatic heterocycles. The normalized spacial score (nSPS) is 28.1. The van der Waals surface area contributed by atoms with Crippen LogP contribution in [0, 0.1) is 29.1 Å². The Bertz CT molecular complexity index is 549. The Kier molecular flexibility index (Phi) is 2.90. The molecular formula is C15H17N3O. The van der Waals surface area contributed by atoms with Gasteiger partial charge in [0.2, 0.25) is 5.91 Å². The minimum Gasteiger partial charge on any atom is -0.399 e. The number of hydrogen-bond acceptors (Lipinski definition) is 3. The summed E-state index contributed by atoms with van der Waals surface area (Å²) in [5, 5.41) is 11.9. The fourth-order valence-electron chi connectivity index (χ4n) is 3.36. The van der Waals surface area contributed by atoms with E-state index in [9.17, 15) is 4.79 Å². The quantitative estimate of drug-likeness (QED) is 0.797. The smallest absolute Gasteiger partial charge is 0.228 e. The summed E-state index contributed by atoms with van der Waals surface area (Å²) in [5.74, 6) is 1.38. The molecule has 0 spiro atoms. The minimum absolute atomic E-state index is 0.0678. The van der Waals surface area contributed by atoms with Crippen LogP contribution in [-0.4, -0.2) is 5.91 Å². The number of fused-ring (bicyclic) bond motifs is 1. The van der Waals surface area contributed by atoms with Crippen LogP contribution in [0.2, 0.25) is 0 Å². The number of anilines is 2. The van der Waals surface area contributed by atoms with Gasteiger partial charge in [0, 0.05) is 11.6 Å². The number of amides is 1. The maximum absolute atomic E-state index is 12.2. The van der Waals surface area contributed by atoms with Crippen LogP contribution >= 0.6 is 0 Å². The number of nitrogens with two attached hydrogens (primary N) is 1. The molecule has 3 rings (SSSR count). The Labute approximate surface area is 112 Å². The van der Waals surface area contributed by atoms with Crippen molar-refractivity contribution in [1.29, 1.82) is 5.26 Å². The van der Waals surface area contributed by atoms with Crippen LogP contribution in [0.15, 0.2) is 18.2 Å². The molecule has 2 fully saturated rings. The number of benzene rings is 1. The Balaban J connectivity index is 1.72. The molecule has 2 atom stereocenters. The van der Waals surface area contributed by atoms with Crippen molar-refractivity contribution in [3.05, 3.63) is 23.8 Å². The monoisotopic (exact) mass is 255 g/mol. The highest BCUT2D eigenvalue weighted by Crippen LogP contribution is 2.55. The molecule has 1 aromatic carbocycles. The van der Waals surface area contributed by atoms with Crippen LogP contribution in [0.3, 0.4) is 0 Å². The summed E-state index contributed by atoms with van der Waals surface area (Å²) < 4.78 is 0. The van der Waals surface area contributed by atoms with E-state index in [1.807, 2.05) is 0 Å². The van der Waals surface area contributed by atoms with E-state index in [2.05, 4.69) is 11.4 Å². The van der Waals surface area contributed by atoms with Crippen molar-refractivity contribution in [2.45, 2.75) is 25.7 Å². The van der Waals surface area contributed by atoms with Crippen molar-refractivity contribution in [3.8, 4) is 6.07 Å². The molecule has 4 heteroatoms. The topological polar surface area (TPSA) is 78.9 Å². The molecule has 2 unspecified atom stereocenters. The summed E-state index contributed by atoms with van der Waals surface area (Å²) in [7, 11) is 0. The van der Waals surface area contributed by atoms with Gasteiger partial charge in [-0.15, -0.1) is 0 Å². The second kappa shape index (κ2) is 4.58. The third-order valence-electron chi connectivity index (χ3n) is 4.38. The molecular weight excluding hydrogens is 238 g/mol. The third kappa shape index (κ3) is 2.17. The number of nitrogen functional groups attached to an aromatic ring is 1. The minimum atomic E-state index is 0.0678. The molecule has 0 radical (unpaired) electrons. The van der Waals surface area contributed by atoms with Gasteiger partial charge in [-0.2, -0.15) is 5.26 Å². The van der Waals surface area contributed by atoms with Gasteiger partial charge in [-0.3, -0.25) is 4.79 Å². The molecule has 0 heterocycles. The average molecular weight is 255 g/mol. The SMILES string of the molecule is N#Cc1cc(N)ccc1NC(=O)C1C2CCCCC21. The third-order valence-corrected chi connectivity index (χ3v) is 4.38. The first-order chi connectivity index (χ1) is 9.20. The summed E-state index contributed by atoms with van der Waals surface area (Å²) in [6, 6.07) is 7.07. The molecule has 2 aliphatic carbocycles. The van der Waals surface area contributed by atoms with Crippen molar-refractivity contribution in [2.75, 3.05) is 11.1 Å². The summed E-state index contributed by atoms with van der Waals surface area (Å²) in [5.41, 5.74) is 7.18. The van der Waals surface area contributed by atoms with Crippen LogP contribution in [-0.2, 0) is 4.79 Å². The Morgan fingerprint density at radius 2 is 2.00 bits per heavy atom. The highest BCUT2D eigenvalue weighted by atomic mass is 16.2. The van der Waals surface area contributed by atoms with Gasteiger partial charge in [-0.25, -0.2) is 0 Å². The Morgan fingerprint density at radius 3 is 2.63 bits per heavy atom. The Morgan fingerprint density at radius 1 is 1.32 bits per heavy atom. The van der Waals surface area contributed by atoms with Gasteiger partial charge in [-0.1, -0.05) is 12.8 Å². The molecule has 0 bridgehead atoms. The molecule has 0 saturated heterocycles. The van der Waals surface area contributed by atoms with Gasteiger partial charge in [0.25, 0.3) is 0 Å². The van der Waals surface area contributed by atoms with Crippen LogP contribution < -0.4 is 11.1 Å². The van der Waals surface area contributed by atoms with E-state index in [1.165, 1.54) is 25.7 Å². The maximum Gasteiger partial charge on any atom is 0.228 e. The average Bonchev–Trinajstić information content (AvgIpc) is 3.15.